The Morgan fingerprint density at radius 1 is 1.00 bits per heavy atom. The first-order valence-electron chi connectivity index (χ1n) is 15.0. The van der Waals surface area contributed by atoms with Gasteiger partial charge in [0, 0.05) is 24.2 Å². The SMILES string of the molecule is CCOC(=O)CCCOc1ccccc1C(CCn1c(=O)c(Br)c(C)n(Cc2ccccc2C(F)(F)F)c1=O)NC(=O)OC(C)(C)C. The van der Waals surface area contributed by atoms with Crippen molar-refractivity contribution in [2.75, 3.05) is 13.2 Å². The summed E-state index contributed by atoms with van der Waals surface area (Å²) in [6, 6.07) is 11.0. The Bertz CT molecular complexity index is 1680. The van der Waals surface area contributed by atoms with Gasteiger partial charge in [-0.25, -0.2) is 9.59 Å². The fourth-order valence-corrected chi connectivity index (χ4v) is 5.23. The van der Waals surface area contributed by atoms with Crippen molar-refractivity contribution in [3.05, 3.63) is 96.2 Å². The Balaban J connectivity index is 1.96. The third-order valence-corrected chi connectivity index (χ3v) is 7.90. The van der Waals surface area contributed by atoms with E-state index >= 15 is 0 Å². The molecule has 3 aromatic rings. The topological polar surface area (TPSA) is 118 Å². The summed E-state index contributed by atoms with van der Waals surface area (Å²) in [4.78, 5) is 51.6. The third kappa shape index (κ3) is 10.5. The number of halogens is 4. The molecule has 14 heteroatoms. The van der Waals surface area contributed by atoms with Gasteiger partial charge in [-0.3, -0.25) is 18.7 Å². The van der Waals surface area contributed by atoms with Gasteiger partial charge in [0.25, 0.3) is 5.56 Å². The van der Waals surface area contributed by atoms with E-state index in [2.05, 4.69) is 21.2 Å². The number of alkyl carbamates (subject to hydrolysis) is 1. The number of nitrogens with one attached hydrogen (secondary N) is 1. The van der Waals surface area contributed by atoms with Gasteiger partial charge in [-0.15, -0.1) is 0 Å². The van der Waals surface area contributed by atoms with Crippen LogP contribution in [-0.4, -0.2) is 40.0 Å². The lowest BCUT2D eigenvalue weighted by Gasteiger charge is -2.25. The monoisotopic (exact) mass is 725 g/mol. The number of esters is 1. The summed E-state index contributed by atoms with van der Waals surface area (Å²) < 4.78 is 59.6. The van der Waals surface area contributed by atoms with Gasteiger partial charge < -0.3 is 19.5 Å². The number of hydrogen-bond acceptors (Lipinski definition) is 7. The van der Waals surface area contributed by atoms with Crippen molar-refractivity contribution in [1.82, 2.24) is 14.5 Å². The maximum Gasteiger partial charge on any atom is 0.416 e. The molecule has 47 heavy (non-hydrogen) atoms. The van der Waals surface area contributed by atoms with Crippen molar-refractivity contribution in [3.63, 3.8) is 0 Å². The number of nitrogens with zero attached hydrogens (tertiary/aromatic N) is 2. The molecule has 0 saturated heterocycles. The number of carbonyl (C=O) groups excluding carboxylic acids is 2. The number of aromatic nitrogens is 2. The van der Waals surface area contributed by atoms with Crippen molar-refractivity contribution in [2.24, 2.45) is 0 Å². The minimum Gasteiger partial charge on any atom is -0.493 e. The molecule has 1 atom stereocenters. The summed E-state index contributed by atoms with van der Waals surface area (Å²) in [5.74, 6) is 0.0483. The largest absolute Gasteiger partial charge is 0.493 e. The van der Waals surface area contributed by atoms with E-state index in [0.717, 1.165) is 15.2 Å². The lowest BCUT2D eigenvalue weighted by atomic mass is 10.0. The van der Waals surface area contributed by atoms with Crippen LogP contribution in [0.5, 0.6) is 5.75 Å². The number of para-hydroxylation sites is 1. The molecule has 0 bridgehead atoms. The van der Waals surface area contributed by atoms with Crippen LogP contribution in [0.4, 0.5) is 18.0 Å². The zero-order valence-corrected chi connectivity index (χ0v) is 28.5. The average Bonchev–Trinajstić information content (AvgIpc) is 2.99. The van der Waals surface area contributed by atoms with Crippen LogP contribution in [-0.2, 0) is 33.5 Å². The fraction of sp³-hybridized carbons (Fsp3) is 0.455. The number of ether oxygens (including phenoxy) is 3. The Hall–Kier alpha value is -4.07. The number of hydrogen-bond donors (Lipinski definition) is 1. The highest BCUT2D eigenvalue weighted by molar-refractivity contribution is 9.10. The molecule has 256 valence electrons. The van der Waals surface area contributed by atoms with Crippen molar-refractivity contribution >= 4 is 28.0 Å². The molecule has 10 nitrogen and oxygen atoms in total. The van der Waals surface area contributed by atoms with Crippen molar-refractivity contribution in [3.8, 4) is 5.75 Å². The molecule has 0 aliphatic carbocycles. The molecule has 3 rings (SSSR count). The number of alkyl halides is 3. The Morgan fingerprint density at radius 2 is 1.66 bits per heavy atom. The number of benzene rings is 2. The molecule has 0 radical (unpaired) electrons. The van der Waals surface area contributed by atoms with Gasteiger partial charge in [-0.05, 0) is 81.1 Å². The van der Waals surface area contributed by atoms with Gasteiger partial charge in [0.2, 0.25) is 0 Å². The minimum absolute atomic E-state index is 0.00618. The van der Waals surface area contributed by atoms with E-state index in [1.54, 1.807) is 52.0 Å². The lowest BCUT2D eigenvalue weighted by Crippen LogP contribution is -2.43. The second-order valence-electron chi connectivity index (χ2n) is 11.7. The van der Waals surface area contributed by atoms with Gasteiger partial charge in [-0.1, -0.05) is 36.4 Å². The summed E-state index contributed by atoms with van der Waals surface area (Å²) in [7, 11) is 0. The number of rotatable bonds is 13. The maximum atomic E-state index is 13.7. The number of carbonyl (C=O) groups is 2. The van der Waals surface area contributed by atoms with Crippen LogP contribution in [0.15, 0.2) is 62.6 Å². The molecule has 1 N–H and O–H groups in total. The molecule has 0 aliphatic heterocycles. The molecule has 2 aromatic carbocycles. The van der Waals surface area contributed by atoms with E-state index in [-0.39, 0.29) is 54.3 Å². The molecular weight excluding hydrogens is 687 g/mol. The summed E-state index contributed by atoms with van der Waals surface area (Å²) in [5, 5.41) is 2.79. The molecule has 0 spiro atoms. The maximum absolute atomic E-state index is 13.7. The number of amides is 1. The lowest BCUT2D eigenvalue weighted by molar-refractivity contribution is -0.143. The molecule has 1 heterocycles. The molecular formula is C33H39BrF3N3O7. The first kappa shape index (κ1) is 37.4. The van der Waals surface area contributed by atoms with Crippen LogP contribution in [0.3, 0.4) is 0 Å². The van der Waals surface area contributed by atoms with Crippen LogP contribution in [0, 0.1) is 6.92 Å². The van der Waals surface area contributed by atoms with Gasteiger partial charge in [-0.2, -0.15) is 13.2 Å². The summed E-state index contributed by atoms with van der Waals surface area (Å²) in [5.41, 5.74) is -2.65. The van der Waals surface area contributed by atoms with E-state index in [4.69, 9.17) is 14.2 Å². The predicted octanol–water partition coefficient (Wildman–Crippen LogP) is 6.53. The van der Waals surface area contributed by atoms with Gasteiger partial charge in [0.1, 0.15) is 15.8 Å². The standard InChI is InChI=1S/C33H39BrF3N3O7/c1-6-45-27(41)16-11-19-46-26-15-10-8-13-23(26)25(38-30(43)47-32(3,4)5)17-18-39-29(42)28(34)21(2)40(31(39)44)20-22-12-7-9-14-24(22)33(35,36)37/h7-10,12-15,25H,6,11,16-20H2,1-5H3,(H,38,43). The van der Waals surface area contributed by atoms with Crippen molar-refractivity contribution in [1.29, 1.82) is 0 Å². The second-order valence-corrected chi connectivity index (χ2v) is 12.5. The summed E-state index contributed by atoms with van der Waals surface area (Å²) in [6.07, 6.45) is -4.86. The molecule has 0 saturated carbocycles. The minimum atomic E-state index is -4.64. The zero-order valence-electron chi connectivity index (χ0n) is 26.9. The first-order chi connectivity index (χ1) is 22.0. The molecule has 1 unspecified atom stereocenters. The highest BCUT2D eigenvalue weighted by Gasteiger charge is 2.33. The fourth-order valence-electron chi connectivity index (χ4n) is 4.80. The molecule has 0 aliphatic rings. The highest BCUT2D eigenvalue weighted by atomic mass is 79.9. The summed E-state index contributed by atoms with van der Waals surface area (Å²) >= 11 is 3.22. The Kier molecular flexibility index (Phi) is 12.9. The third-order valence-electron chi connectivity index (χ3n) is 6.98. The van der Waals surface area contributed by atoms with Crippen LogP contribution in [0.2, 0.25) is 0 Å². The average molecular weight is 727 g/mol. The Morgan fingerprint density at radius 3 is 2.32 bits per heavy atom. The predicted molar refractivity (Wildman–Crippen MR) is 172 cm³/mol. The van der Waals surface area contributed by atoms with Gasteiger partial charge in [0.15, 0.2) is 0 Å². The first-order valence-corrected chi connectivity index (χ1v) is 15.8. The second kappa shape index (κ2) is 16.2. The van der Waals surface area contributed by atoms with Crippen LogP contribution >= 0.6 is 15.9 Å². The van der Waals surface area contributed by atoms with Gasteiger partial charge >= 0.3 is 23.9 Å². The van der Waals surface area contributed by atoms with E-state index in [1.165, 1.54) is 25.1 Å². The van der Waals surface area contributed by atoms with E-state index < -0.39 is 47.3 Å². The quantitative estimate of drug-likeness (QED) is 0.157. The van der Waals surface area contributed by atoms with E-state index in [0.29, 0.717) is 17.7 Å². The summed E-state index contributed by atoms with van der Waals surface area (Å²) in [6.45, 7) is 8.08. The normalized spacial score (nSPS) is 12.4. The van der Waals surface area contributed by atoms with E-state index in [1.807, 2.05) is 0 Å². The van der Waals surface area contributed by atoms with Crippen molar-refractivity contribution in [2.45, 2.75) is 84.8 Å². The molecule has 1 aromatic heterocycles. The van der Waals surface area contributed by atoms with E-state index in [9.17, 15) is 32.3 Å². The highest BCUT2D eigenvalue weighted by Crippen LogP contribution is 2.32. The van der Waals surface area contributed by atoms with Crippen molar-refractivity contribution < 1.29 is 37.0 Å². The smallest absolute Gasteiger partial charge is 0.416 e. The molecule has 0 fully saturated rings. The Labute approximate surface area is 279 Å². The van der Waals surface area contributed by atoms with Crippen LogP contribution in [0.1, 0.15) is 75.4 Å². The van der Waals surface area contributed by atoms with Crippen LogP contribution < -0.4 is 21.3 Å². The molecule has 1 amide bonds. The van der Waals surface area contributed by atoms with Gasteiger partial charge in [0.05, 0.1) is 31.4 Å². The zero-order chi connectivity index (χ0) is 34.9. The van der Waals surface area contributed by atoms with Crippen LogP contribution in [0.25, 0.3) is 0 Å².